The van der Waals surface area contributed by atoms with E-state index in [1.54, 1.807) is 12.0 Å². The van der Waals surface area contributed by atoms with E-state index < -0.39 is 5.54 Å². The molecule has 2 fully saturated rings. The van der Waals surface area contributed by atoms with Gasteiger partial charge in [0.25, 0.3) is 5.91 Å². The van der Waals surface area contributed by atoms with Crippen LogP contribution in [-0.4, -0.2) is 29.5 Å². The number of urea groups is 1. The van der Waals surface area contributed by atoms with Crippen LogP contribution in [0.25, 0.3) is 0 Å². The van der Waals surface area contributed by atoms with Gasteiger partial charge in [-0.25, -0.2) is 4.79 Å². The SMILES string of the molecule is COc1ccccc1CN1C(=O)NC(=O)C12CCCC2. The zero-order valence-corrected chi connectivity index (χ0v) is 11.5. The second-order valence-electron chi connectivity index (χ2n) is 5.40. The first-order valence-corrected chi connectivity index (χ1v) is 6.92. The number of nitrogens with zero attached hydrogens (tertiary/aromatic N) is 1. The summed E-state index contributed by atoms with van der Waals surface area (Å²) in [6.45, 7) is 0.404. The minimum absolute atomic E-state index is 0.144. The van der Waals surface area contributed by atoms with Crippen molar-refractivity contribution in [3.8, 4) is 5.75 Å². The molecule has 1 saturated carbocycles. The Morgan fingerprint density at radius 1 is 1.25 bits per heavy atom. The topological polar surface area (TPSA) is 58.6 Å². The molecule has 1 saturated heterocycles. The minimum atomic E-state index is -0.641. The van der Waals surface area contributed by atoms with E-state index in [1.807, 2.05) is 24.3 Å². The standard InChI is InChI=1S/C15H18N2O3/c1-20-12-7-3-2-6-11(12)10-17-14(19)16-13(18)15(17)8-4-5-9-15/h2-3,6-7H,4-5,8-10H2,1H3,(H,16,18,19). The van der Waals surface area contributed by atoms with E-state index in [1.165, 1.54) is 0 Å². The van der Waals surface area contributed by atoms with Gasteiger partial charge in [-0.05, 0) is 18.9 Å². The van der Waals surface area contributed by atoms with E-state index in [4.69, 9.17) is 4.74 Å². The number of carbonyl (C=O) groups excluding carboxylic acids is 2. The molecule has 3 rings (SSSR count). The van der Waals surface area contributed by atoms with Crippen LogP contribution in [0.3, 0.4) is 0 Å². The molecule has 1 N–H and O–H groups in total. The van der Waals surface area contributed by atoms with Gasteiger partial charge < -0.3 is 9.64 Å². The predicted molar refractivity (Wildman–Crippen MR) is 73.3 cm³/mol. The molecule has 20 heavy (non-hydrogen) atoms. The van der Waals surface area contributed by atoms with E-state index in [0.29, 0.717) is 6.54 Å². The fraction of sp³-hybridized carbons (Fsp3) is 0.467. The fourth-order valence-corrected chi connectivity index (χ4v) is 3.28. The summed E-state index contributed by atoms with van der Waals surface area (Å²) in [7, 11) is 1.61. The molecule has 3 amide bonds. The molecule has 0 atom stereocenters. The first-order valence-electron chi connectivity index (χ1n) is 6.92. The van der Waals surface area contributed by atoms with Gasteiger partial charge in [0, 0.05) is 5.56 Å². The number of hydrogen-bond donors (Lipinski definition) is 1. The predicted octanol–water partition coefficient (Wildman–Crippen LogP) is 2.06. The van der Waals surface area contributed by atoms with Crippen molar-refractivity contribution >= 4 is 11.9 Å². The van der Waals surface area contributed by atoms with Crippen molar-refractivity contribution in [3.05, 3.63) is 29.8 Å². The van der Waals surface area contributed by atoms with Gasteiger partial charge >= 0.3 is 6.03 Å². The monoisotopic (exact) mass is 274 g/mol. The average Bonchev–Trinajstić information content (AvgIpc) is 3.02. The maximum absolute atomic E-state index is 12.2. The Labute approximate surface area is 117 Å². The molecule has 1 spiro atoms. The maximum Gasteiger partial charge on any atom is 0.325 e. The molecule has 0 unspecified atom stereocenters. The number of carbonyl (C=O) groups is 2. The molecule has 1 aromatic carbocycles. The van der Waals surface area contributed by atoms with E-state index in [9.17, 15) is 9.59 Å². The molecule has 1 heterocycles. The first-order chi connectivity index (χ1) is 9.67. The van der Waals surface area contributed by atoms with Crippen LogP contribution < -0.4 is 10.1 Å². The van der Waals surface area contributed by atoms with Crippen LogP contribution >= 0.6 is 0 Å². The number of ether oxygens (including phenoxy) is 1. The summed E-state index contributed by atoms with van der Waals surface area (Å²) in [6.07, 6.45) is 3.48. The first kappa shape index (κ1) is 13.0. The number of rotatable bonds is 3. The maximum atomic E-state index is 12.2. The van der Waals surface area contributed by atoms with Gasteiger partial charge in [-0.2, -0.15) is 0 Å². The smallest absolute Gasteiger partial charge is 0.325 e. The average molecular weight is 274 g/mol. The summed E-state index contributed by atoms with van der Waals surface area (Å²) in [5.41, 5.74) is 0.281. The molecule has 5 heteroatoms. The van der Waals surface area contributed by atoms with Crippen LogP contribution in [0.1, 0.15) is 31.2 Å². The number of methoxy groups -OCH3 is 1. The Bertz CT molecular complexity index is 550. The summed E-state index contributed by atoms with van der Waals surface area (Å²) < 4.78 is 5.33. The van der Waals surface area contributed by atoms with Crippen LogP contribution in [-0.2, 0) is 11.3 Å². The fourth-order valence-electron chi connectivity index (χ4n) is 3.28. The summed E-state index contributed by atoms with van der Waals surface area (Å²) >= 11 is 0. The Balaban J connectivity index is 1.92. The summed E-state index contributed by atoms with van der Waals surface area (Å²) in [5.74, 6) is 0.600. The third kappa shape index (κ3) is 1.85. The third-order valence-corrected chi connectivity index (χ3v) is 4.36. The van der Waals surface area contributed by atoms with Crippen molar-refractivity contribution < 1.29 is 14.3 Å². The summed E-state index contributed by atoms with van der Waals surface area (Å²) in [5, 5.41) is 2.46. The lowest BCUT2D eigenvalue weighted by atomic mass is 9.95. The van der Waals surface area contributed by atoms with E-state index in [0.717, 1.165) is 37.0 Å². The molecule has 1 aliphatic heterocycles. The van der Waals surface area contributed by atoms with Crippen molar-refractivity contribution in [2.75, 3.05) is 7.11 Å². The van der Waals surface area contributed by atoms with Gasteiger partial charge in [-0.3, -0.25) is 10.1 Å². The third-order valence-electron chi connectivity index (χ3n) is 4.36. The molecular weight excluding hydrogens is 256 g/mol. The number of nitrogens with one attached hydrogen (secondary N) is 1. The van der Waals surface area contributed by atoms with Crippen molar-refractivity contribution in [2.24, 2.45) is 0 Å². The second-order valence-corrected chi connectivity index (χ2v) is 5.40. The van der Waals surface area contributed by atoms with E-state index in [2.05, 4.69) is 5.32 Å². The zero-order valence-electron chi connectivity index (χ0n) is 11.5. The van der Waals surface area contributed by atoms with E-state index >= 15 is 0 Å². The van der Waals surface area contributed by atoms with Gasteiger partial charge in [0.2, 0.25) is 0 Å². The van der Waals surface area contributed by atoms with Gasteiger partial charge in [-0.1, -0.05) is 31.0 Å². The van der Waals surface area contributed by atoms with Crippen molar-refractivity contribution in [2.45, 2.75) is 37.8 Å². The van der Waals surface area contributed by atoms with Crippen LogP contribution in [0.5, 0.6) is 5.75 Å². The zero-order chi connectivity index (χ0) is 14.2. The molecule has 0 aromatic heterocycles. The quantitative estimate of drug-likeness (QED) is 0.858. The van der Waals surface area contributed by atoms with Crippen LogP contribution in [0.2, 0.25) is 0 Å². The normalized spacial score (nSPS) is 20.6. The lowest BCUT2D eigenvalue weighted by molar-refractivity contribution is -0.126. The number of imide groups is 1. The van der Waals surface area contributed by atoms with E-state index in [-0.39, 0.29) is 11.9 Å². The Hall–Kier alpha value is -2.04. The lowest BCUT2D eigenvalue weighted by Gasteiger charge is -2.31. The largest absolute Gasteiger partial charge is 0.496 e. The summed E-state index contributed by atoms with van der Waals surface area (Å²) in [4.78, 5) is 25.9. The minimum Gasteiger partial charge on any atom is -0.496 e. The van der Waals surface area contributed by atoms with Crippen LogP contribution in [0.15, 0.2) is 24.3 Å². The molecular formula is C15H18N2O3. The van der Waals surface area contributed by atoms with Crippen LogP contribution in [0, 0.1) is 0 Å². The van der Waals surface area contributed by atoms with Crippen molar-refractivity contribution in [1.82, 2.24) is 10.2 Å². The molecule has 1 aromatic rings. The van der Waals surface area contributed by atoms with Gasteiger partial charge in [0.1, 0.15) is 11.3 Å². The molecule has 1 aliphatic carbocycles. The highest BCUT2D eigenvalue weighted by molar-refractivity contribution is 6.07. The van der Waals surface area contributed by atoms with Gasteiger partial charge in [0.05, 0.1) is 13.7 Å². The van der Waals surface area contributed by atoms with Crippen LogP contribution in [0.4, 0.5) is 4.79 Å². The second kappa shape index (κ2) is 4.81. The molecule has 5 nitrogen and oxygen atoms in total. The number of para-hydroxylation sites is 1. The summed E-state index contributed by atoms with van der Waals surface area (Å²) in [6, 6.07) is 7.31. The number of hydrogen-bond acceptors (Lipinski definition) is 3. The molecule has 2 aliphatic rings. The molecule has 0 radical (unpaired) electrons. The Morgan fingerprint density at radius 3 is 2.65 bits per heavy atom. The Morgan fingerprint density at radius 2 is 1.95 bits per heavy atom. The number of amides is 3. The number of benzene rings is 1. The highest BCUT2D eigenvalue weighted by Gasteiger charge is 2.53. The highest BCUT2D eigenvalue weighted by Crippen LogP contribution is 2.40. The molecule has 106 valence electrons. The van der Waals surface area contributed by atoms with Gasteiger partial charge in [-0.15, -0.1) is 0 Å². The lowest BCUT2D eigenvalue weighted by Crippen LogP contribution is -2.46. The van der Waals surface area contributed by atoms with Crippen molar-refractivity contribution in [1.29, 1.82) is 0 Å². The molecule has 0 bridgehead atoms. The Kier molecular flexibility index (Phi) is 3.12. The highest BCUT2D eigenvalue weighted by atomic mass is 16.5. The van der Waals surface area contributed by atoms with Crippen molar-refractivity contribution in [3.63, 3.8) is 0 Å². The van der Waals surface area contributed by atoms with Gasteiger partial charge in [0.15, 0.2) is 0 Å².